The van der Waals surface area contributed by atoms with Crippen LogP contribution in [-0.4, -0.2) is 26.9 Å². The van der Waals surface area contributed by atoms with E-state index >= 15 is 0 Å². The third-order valence-electron chi connectivity index (χ3n) is 4.40. The molecular formula is C17H27NO2. The van der Waals surface area contributed by atoms with E-state index in [1.54, 1.807) is 7.11 Å². The topological polar surface area (TPSA) is 30.5 Å². The van der Waals surface area contributed by atoms with Gasteiger partial charge in [0.2, 0.25) is 0 Å². The normalized spacial score (nSPS) is 19.6. The zero-order valence-corrected chi connectivity index (χ0v) is 12.9. The molecule has 1 aromatic rings. The summed E-state index contributed by atoms with van der Waals surface area (Å²) in [6.45, 7) is 7.40. The second kappa shape index (κ2) is 7.09. The lowest BCUT2D eigenvalue weighted by atomic mass is 9.82. The molecule has 1 fully saturated rings. The molecular weight excluding hydrogens is 250 g/mol. The lowest BCUT2D eigenvalue weighted by Gasteiger charge is -2.35. The highest BCUT2D eigenvalue weighted by Crippen LogP contribution is 2.32. The monoisotopic (exact) mass is 277 g/mol. The highest BCUT2D eigenvalue weighted by atomic mass is 16.5. The SMILES string of the molecule is CCC(NCC1(C)CCOCC1)c1ccccc1OC. The number of nitrogens with one attached hydrogen (secondary N) is 1. The van der Waals surface area contributed by atoms with Gasteiger partial charge in [-0.15, -0.1) is 0 Å². The summed E-state index contributed by atoms with van der Waals surface area (Å²) in [7, 11) is 1.74. The number of benzene rings is 1. The Morgan fingerprint density at radius 3 is 2.65 bits per heavy atom. The minimum Gasteiger partial charge on any atom is -0.496 e. The van der Waals surface area contributed by atoms with Crippen LogP contribution in [0.1, 0.15) is 44.7 Å². The Kier molecular flexibility index (Phi) is 5.44. The highest BCUT2D eigenvalue weighted by molar-refractivity contribution is 5.35. The Hall–Kier alpha value is -1.06. The van der Waals surface area contributed by atoms with Crippen molar-refractivity contribution in [1.29, 1.82) is 0 Å². The zero-order valence-electron chi connectivity index (χ0n) is 12.9. The second-order valence-electron chi connectivity index (χ2n) is 6.01. The number of hydrogen-bond acceptors (Lipinski definition) is 3. The summed E-state index contributed by atoms with van der Waals surface area (Å²) in [5.74, 6) is 0.976. The molecule has 1 heterocycles. The lowest BCUT2D eigenvalue weighted by Crippen LogP contribution is -2.38. The van der Waals surface area contributed by atoms with Gasteiger partial charge in [-0.3, -0.25) is 0 Å². The van der Waals surface area contributed by atoms with Crippen molar-refractivity contribution < 1.29 is 9.47 Å². The number of rotatable bonds is 6. The summed E-state index contributed by atoms with van der Waals surface area (Å²) in [5, 5.41) is 3.74. The fourth-order valence-electron chi connectivity index (χ4n) is 2.84. The third kappa shape index (κ3) is 3.74. The van der Waals surface area contributed by atoms with Gasteiger partial charge >= 0.3 is 0 Å². The van der Waals surface area contributed by atoms with Crippen molar-refractivity contribution in [2.24, 2.45) is 5.41 Å². The molecule has 1 atom stereocenters. The van der Waals surface area contributed by atoms with E-state index in [-0.39, 0.29) is 0 Å². The first-order valence-electron chi connectivity index (χ1n) is 7.62. The molecule has 20 heavy (non-hydrogen) atoms. The molecule has 0 aromatic heterocycles. The smallest absolute Gasteiger partial charge is 0.123 e. The predicted octanol–water partition coefficient (Wildman–Crippen LogP) is 3.55. The Balaban J connectivity index is 2.01. The van der Waals surface area contributed by atoms with Crippen molar-refractivity contribution in [2.75, 3.05) is 26.9 Å². The molecule has 1 N–H and O–H groups in total. The van der Waals surface area contributed by atoms with Crippen molar-refractivity contribution in [1.82, 2.24) is 5.32 Å². The van der Waals surface area contributed by atoms with Gasteiger partial charge in [-0.1, -0.05) is 32.0 Å². The minimum absolute atomic E-state index is 0.353. The molecule has 3 nitrogen and oxygen atoms in total. The van der Waals surface area contributed by atoms with Crippen LogP contribution in [-0.2, 0) is 4.74 Å². The van der Waals surface area contributed by atoms with E-state index in [1.165, 1.54) is 5.56 Å². The van der Waals surface area contributed by atoms with E-state index < -0.39 is 0 Å². The van der Waals surface area contributed by atoms with Crippen molar-refractivity contribution >= 4 is 0 Å². The average Bonchev–Trinajstić information content (AvgIpc) is 2.49. The minimum atomic E-state index is 0.353. The van der Waals surface area contributed by atoms with Gasteiger partial charge in [0.1, 0.15) is 5.75 Å². The van der Waals surface area contributed by atoms with Crippen LogP contribution in [0, 0.1) is 5.41 Å². The molecule has 0 bridgehead atoms. The molecule has 1 unspecified atom stereocenters. The molecule has 0 radical (unpaired) electrons. The quantitative estimate of drug-likeness (QED) is 0.862. The van der Waals surface area contributed by atoms with Gasteiger partial charge in [0.25, 0.3) is 0 Å². The number of hydrogen-bond donors (Lipinski definition) is 1. The molecule has 1 aromatic carbocycles. The maximum atomic E-state index is 5.49. The number of methoxy groups -OCH3 is 1. The van der Waals surface area contributed by atoms with E-state index in [0.717, 1.165) is 44.8 Å². The maximum absolute atomic E-state index is 5.49. The van der Waals surface area contributed by atoms with Crippen molar-refractivity contribution in [3.05, 3.63) is 29.8 Å². The number of para-hydroxylation sites is 1. The van der Waals surface area contributed by atoms with Crippen LogP contribution in [0.25, 0.3) is 0 Å². The Labute approximate surface area is 122 Å². The maximum Gasteiger partial charge on any atom is 0.123 e. The second-order valence-corrected chi connectivity index (χ2v) is 6.01. The van der Waals surface area contributed by atoms with Gasteiger partial charge in [0.05, 0.1) is 7.11 Å². The molecule has 0 aliphatic carbocycles. The first-order valence-corrected chi connectivity index (χ1v) is 7.62. The van der Waals surface area contributed by atoms with Crippen LogP contribution in [0.15, 0.2) is 24.3 Å². The average molecular weight is 277 g/mol. The zero-order chi connectivity index (χ0) is 14.4. The van der Waals surface area contributed by atoms with E-state index in [4.69, 9.17) is 9.47 Å². The van der Waals surface area contributed by atoms with Gasteiger partial charge in [-0.25, -0.2) is 0 Å². The molecule has 0 spiro atoms. The fourth-order valence-corrected chi connectivity index (χ4v) is 2.84. The molecule has 112 valence electrons. The fraction of sp³-hybridized carbons (Fsp3) is 0.647. The van der Waals surface area contributed by atoms with E-state index in [0.29, 0.717) is 11.5 Å². The van der Waals surface area contributed by atoms with Crippen LogP contribution < -0.4 is 10.1 Å². The van der Waals surface area contributed by atoms with Crippen molar-refractivity contribution in [3.8, 4) is 5.75 Å². The van der Waals surface area contributed by atoms with Crippen LogP contribution >= 0.6 is 0 Å². The van der Waals surface area contributed by atoms with E-state index in [9.17, 15) is 0 Å². The first kappa shape index (κ1) is 15.3. The standard InChI is InChI=1S/C17H27NO2/c1-4-15(14-7-5-6-8-16(14)19-3)18-13-17(2)9-11-20-12-10-17/h5-8,15,18H,4,9-13H2,1-3H3. The summed E-state index contributed by atoms with van der Waals surface area (Å²) in [6.07, 6.45) is 3.34. The number of ether oxygens (including phenoxy) is 2. The molecule has 1 aliphatic heterocycles. The van der Waals surface area contributed by atoms with Gasteiger partial charge in [-0.2, -0.15) is 0 Å². The summed E-state index contributed by atoms with van der Waals surface area (Å²) in [4.78, 5) is 0. The van der Waals surface area contributed by atoms with Gasteiger partial charge in [0.15, 0.2) is 0 Å². The molecule has 3 heteroatoms. The van der Waals surface area contributed by atoms with Gasteiger partial charge < -0.3 is 14.8 Å². The largest absolute Gasteiger partial charge is 0.496 e. The third-order valence-corrected chi connectivity index (χ3v) is 4.40. The molecule has 0 saturated carbocycles. The van der Waals surface area contributed by atoms with Crippen LogP contribution in [0.3, 0.4) is 0 Å². The summed E-state index contributed by atoms with van der Waals surface area (Å²) in [6, 6.07) is 8.65. The first-order chi connectivity index (χ1) is 9.68. The van der Waals surface area contributed by atoms with Crippen LogP contribution in [0.4, 0.5) is 0 Å². The summed E-state index contributed by atoms with van der Waals surface area (Å²) >= 11 is 0. The van der Waals surface area contributed by atoms with E-state index in [2.05, 4.69) is 31.3 Å². The Morgan fingerprint density at radius 2 is 2.00 bits per heavy atom. The van der Waals surface area contributed by atoms with Crippen LogP contribution in [0.5, 0.6) is 5.75 Å². The molecule has 1 saturated heterocycles. The van der Waals surface area contributed by atoms with E-state index in [1.807, 2.05) is 12.1 Å². The summed E-state index contributed by atoms with van der Waals surface area (Å²) in [5.41, 5.74) is 1.61. The predicted molar refractivity (Wildman–Crippen MR) is 82.2 cm³/mol. The molecule has 0 amide bonds. The van der Waals surface area contributed by atoms with Crippen molar-refractivity contribution in [3.63, 3.8) is 0 Å². The Bertz CT molecular complexity index is 413. The Morgan fingerprint density at radius 1 is 1.30 bits per heavy atom. The molecule has 1 aliphatic rings. The van der Waals surface area contributed by atoms with Gasteiger partial charge in [-0.05, 0) is 30.7 Å². The lowest BCUT2D eigenvalue weighted by molar-refractivity contribution is 0.0227. The van der Waals surface area contributed by atoms with Crippen molar-refractivity contribution in [2.45, 2.75) is 39.2 Å². The van der Waals surface area contributed by atoms with Gasteiger partial charge in [0, 0.05) is 31.4 Å². The highest BCUT2D eigenvalue weighted by Gasteiger charge is 2.28. The van der Waals surface area contributed by atoms with Crippen LogP contribution in [0.2, 0.25) is 0 Å². The molecule has 2 rings (SSSR count). The summed E-state index contributed by atoms with van der Waals surface area (Å²) < 4.78 is 11.0.